The molecule has 0 aliphatic carbocycles. The fourth-order valence-electron chi connectivity index (χ4n) is 4.65. The molecule has 3 aromatic rings. The summed E-state index contributed by atoms with van der Waals surface area (Å²) in [5.74, 6) is 1.16. The number of carbonyl (C=O) groups excluding carboxylic acids is 1. The molecule has 1 amide bonds. The fraction of sp³-hybridized carbons (Fsp3) is 0.391. The first kappa shape index (κ1) is 17.4. The van der Waals surface area contributed by atoms with Gasteiger partial charge in [0.05, 0.1) is 12.0 Å². The molecule has 5 rings (SSSR count). The summed E-state index contributed by atoms with van der Waals surface area (Å²) in [6.07, 6.45) is 2.72. The van der Waals surface area contributed by atoms with Gasteiger partial charge in [0.25, 0.3) is 0 Å². The maximum atomic E-state index is 13.3. The summed E-state index contributed by atoms with van der Waals surface area (Å²) in [7, 11) is 0. The van der Waals surface area contributed by atoms with E-state index < -0.39 is 0 Å². The van der Waals surface area contributed by atoms with Gasteiger partial charge in [-0.1, -0.05) is 47.6 Å². The third kappa shape index (κ3) is 2.81. The number of benzene rings is 2. The average Bonchev–Trinajstić information content (AvgIpc) is 3.16. The molecule has 0 saturated carbocycles. The molecule has 0 bridgehead atoms. The van der Waals surface area contributed by atoms with Crippen molar-refractivity contribution < 1.29 is 9.32 Å². The van der Waals surface area contributed by atoms with Crippen LogP contribution in [-0.2, 0) is 17.8 Å². The Morgan fingerprint density at radius 2 is 2.07 bits per heavy atom. The minimum absolute atomic E-state index is 0.246. The van der Waals surface area contributed by atoms with Crippen molar-refractivity contribution in [3.8, 4) is 11.3 Å². The maximum absolute atomic E-state index is 13.3. The summed E-state index contributed by atoms with van der Waals surface area (Å²) in [4.78, 5) is 15.3. The van der Waals surface area contributed by atoms with Crippen LogP contribution in [0.25, 0.3) is 22.0 Å². The van der Waals surface area contributed by atoms with Crippen molar-refractivity contribution in [2.75, 3.05) is 19.6 Å². The molecule has 144 valence electrons. The van der Waals surface area contributed by atoms with Crippen molar-refractivity contribution in [1.29, 1.82) is 0 Å². The van der Waals surface area contributed by atoms with Crippen LogP contribution in [0.5, 0.6) is 0 Å². The number of amides is 1. The van der Waals surface area contributed by atoms with Gasteiger partial charge in [0.15, 0.2) is 0 Å². The number of rotatable bonds is 2. The highest BCUT2D eigenvalue weighted by Crippen LogP contribution is 2.36. The summed E-state index contributed by atoms with van der Waals surface area (Å²) in [5.41, 5.74) is 2.69. The van der Waals surface area contributed by atoms with E-state index in [4.69, 9.17) is 4.52 Å². The molecule has 1 fully saturated rings. The van der Waals surface area contributed by atoms with Crippen LogP contribution in [0, 0.1) is 5.41 Å². The van der Waals surface area contributed by atoms with Crippen molar-refractivity contribution in [3.63, 3.8) is 0 Å². The molecule has 5 heteroatoms. The Labute approximate surface area is 164 Å². The Hall–Kier alpha value is -2.66. The van der Waals surface area contributed by atoms with E-state index in [2.05, 4.69) is 47.7 Å². The van der Waals surface area contributed by atoms with Crippen LogP contribution in [0.4, 0.5) is 0 Å². The Balaban J connectivity index is 1.50. The molecule has 28 heavy (non-hydrogen) atoms. The minimum Gasteiger partial charge on any atom is -0.360 e. The smallest absolute Gasteiger partial charge is 0.230 e. The second-order valence-electron chi connectivity index (χ2n) is 8.28. The molecular formula is C23H25N3O2. The van der Waals surface area contributed by atoms with Crippen LogP contribution in [0.3, 0.4) is 0 Å². The molecule has 2 aromatic carbocycles. The normalized spacial score (nSPS) is 22.2. The standard InChI is InChI=1S/C23H25N3O2/c1-23(11-5-12-24-15-23)22(27)26-13-10-20-19(14-26)21(25-28-20)18-9-4-7-16-6-2-3-8-17(16)18/h2-4,6-9,24H,5,10-15H2,1H3/t23-/m0/s1. The first-order chi connectivity index (χ1) is 13.7. The quantitative estimate of drug-likeness (QED) is 0.741. The molecule has 5 nitrogen and oxygen atoms in total. The topological polar surface area (TPSA) is 58.4 Å². The van der Waals surface area contributed by atoms with E-state index >= 15 is 0 Å². The lowest BCUT2D eigenvalue weighted by atomic mass is 9.81. The van der Waals surface area contributed by atoms with Crippen LogP contribution >= 0.6 is 0 Å². The van der Waals surface area contributed by atoms with Gasteiger partial charge in [-0.15, -0.1) is 0 Å². The first-order valence-corrected chi connectivity index (χ1v) is 10.1. The zero-order valence-electron chi connectivity index (χ0n) is 16.2. The number of piperidine rings is 1. The largest absolute Gasteiger partial charge is 0.360 e. The molecule has 2 aliphatic heterocycles. The van der Waals surface area contributed by atoms with Crippen molar-refractivity contribution in [2.45, 2.75) is 32.7 Å². The van der Waals surface area contributed by atoms with Gasteiger partial charge in [0.1, 0.15) is 11.5 Å². The third-order valence-corrected chi connectivity index (χ3v) is 6.27. The minimum atomic E-state index is -0.313. The van der Waals surface area contributed by atoms with Gasteiger partial charge in [-0.3, -0.25) is 4.79 Å². The second-order valence-corrected chi connectivity index (χ2v) is 8.28. The van der Waals surface area contributed by atoms with E-state index in [1.165, 1.54) is 5.39 Å². The highest BCUT2D eigenvalue weighted by molar-refractivity contribution is 5.96. The SMILES string of the molecule is C[C@]1(C(=O)N2CCc3onc(-c4cccc5ccccc45)c3C2)CCCNC1. The molecule has 2 aliphatic rings. The monoisotopic (exact) mass is 375 g/mol. The summed E-state index contributed by atoms with van der Waals surface area (Å²) in [6.45, 7) is 5.13. The molecule has 1 N–H and O–H groups in total. The Kier molecular flexibility index (Phi) is 4.20. The number of aromatic nitrogens is 1. The van der Waals surface area contributed by atoms with Crippen molar-refractivity contribution in [3.05, 3.63) is 53.8 Å². The lowest BCUT2D eigenvalue weighted by molar-refractivity contribution is -0.143. The van der Waals surface area contributed by atoms with E-state index in [0.717, 1.165) is 60.3 Å². The summed E-state index contributed by atoms with van der Waals surface area (Å²) < 4.78 is 5.69. The number of fused-ring (bicyclic) bond motifs is 2. The zero-order valence-corrected chi connectivity index (χ0v) is 16.2. The van der Waals surface area contributed by atoms with E-state index in [-0.39, 0.29) is 11.3 Å². The number of nitrogens with zero attached hydrogens (tertiary/aromatic N) is 2. The molecule has 1 aromatic heterocycles. The second kappa shape index (κ2) is 6.74. The molecule has 0 unspecified atom stereocenters. The van der Waals surface area contributed by atoms with Gasteiger partial charge in [-0.2, -0.15) is 0 Å². The summed E-state index contributed by atoms with van der Waals surface area (Å²) in [6, 6.07) is 14.6. The maximum Gasteiger partial charge on any atom is 0.230 e. The Bertz CT molecular complexity index is 1030. The van der Waals surface area contributed by atoms with Gasteiger partial charge < -0.3 is 14.7 Å². The number of hydrogen-bond acceptors (Lipinski definition) is 4. The number of nitrogens with one attached hydrogen (secondary N) is 1. The summed E-state index contributed by atoms with van der Waals surface area (Å²) >= 11 is 0. The van der Waals surface area contributed by atoms with E-state index in [9.17, 15) is 4.79 Å². The van der Waals surface area contributed by atoms with E-state index in [0.29, 0.717) is 13.1 Å². The van der Waals surface area contributed by atoms with E-state index in [1.54, 1.807) is 0 Å². The van der Waals surface area contributed by atoms with Crippen molar-refractivity contribution >= 4 is 16.7 Å². The van der Waals surface area contributed by atoms with Gasteiger partial charge >= 0.3 is 0 Å². The van der Waals surface area contributed by atoms with Crippen LogP contribution in [0.15, 0.2) is 47.0 Å². The third-order valence-electron chi connectivity index (χ3n) is 6.27. The van der Waals surface area contributed by atoms with Crippen LogP contribution in [0.2, 0.25) is 0 Å². The predicted octanol–water partition coefficient (Wildman–Crippen LogP) is 3.77. The molecule has 1 saturated heterocycles. The lowest BCUT2D eigenvalue weighted by Crippen LogP contribution is -2.51. The Morgan fingerprint density at radius 3 is 2.93 bits per heavy atom. The van der Waals surface area contributed by atoms with Gasteiger partial charge in [-0.05, 0) is 37.1 Å². The highest BCUT2D eigenvalue weighted by atomic mass is 16.5. The predicted molar refractivity (Wildman–Crippen MR) is 109 cm³/mol. The first-order valence-electron chi connectivity index (χ1n) is 10.1. The molecule has 1 atom stereocenters. The molecule has 3 heterocycles. The van der Waals surface area contributed by atoms with Crippen LogP contribution in [-0.4, -0.2) is 35.6 Å². The van der Waals surface area contributed by atoms with Gasteiger partial charge in [0, 0.05) is 30.6 Å². The van der Waals surface area contributed by atoms with E-state index in [1.807, 2.05) is 17.0 Å². The molecule has 0 spiro atoms. The van der Waals surface area contributed by atoms with Crippen LogP contribution < -0.4 is 5.32 Å². The van der Waals surface area contributed by atoms with Crippen LogP contribution in [0.1, 0.15) is 31.1 Å². The highest BCUT2D eigenvalue weighted by Gasteiger charge is 2.39. The fourth-order valence-corrected chi connectivity index (χ4v) is 4.65. The lowest BCUT2D eigenvalue weighted by Gasteiger charge is -2.38. The number of hydrogen-bond donors (Lipinski definition) is 1. The Morgan fingerprint density at radius 1 is 1.21 bits per heavy atom. The summed E-state index contributed by atoms with van der Waals surface area (Å²) in [5, 5.41) is 10.1. The zero-order chi connectivity index (χ0) is 19.1. The average molecular weight is 375 g/mol. The molecular weight excluding hydrogens is 350 g/mol. The van der Waals surface area contributed by atoms with Gasteiger partial charge in [0.2, 0.25) is 5.91 Å². The van der Waals surface area contributed by atoms with Crippen molar-refractivity contribution in [2.24, 2.45) is 5.41 Å². The number of carbonyl (C=O) groups is 1. The van der Waals surface area contributed by atoms with Crippen molar-refractivity contribution in [1.82, 2.24) is 15.4 Å². The van der Waals surface area contributed by atoms with Gasteiger partial charge in [-0.25, -0.2) is 0 Å². The molecule has 0 radical (unpaired) electrons.